The molecule has 6 heteroatoms. The molecule has 3 N–H and O–H groups in total. The van der Waals surface area contributed by atoms with E-state index in [4.69, 9.17) is 5.73 Å². The Hall–Kier alpha value is -2.34. The van der Waals surface area contributed by atoms with Crippen LogP contribution >= 0.6 is 0 Å². The molecule has 2 aromatic rings. The first-order chi connectivity index (χ1) is 10.7. The lowest BCUT2D eigenvalue weighted by atomic mass is 10.1. The first kappa shape index (κ1) is 17.0. The van der Waals surface area contributed by atoms with Crippen LogP contribution in [0.2, 0.25) is 0 Å². The summed E-state index contributed by atoms with van der Waals surface area (Å²) in [6.07, 6.45) is 0.128. The second kappa shape index (κ2) is 6.42. The Balaban J connectivity index is 2.28. The standard InChI is InChI=1S/C17H20N2O3S/c1-11-8-13(3)16(9-12(11)2)23(21,22)19-15-6-4-14(5-7-15)10-17(18)20/h4-9,19H,10H2,1-3H3,(H2,18,20). The lowest BCUT2D eigenvalue weighted by Crippen LogP contribution is -2.15. The summed E-state index contributed by atoms with van der Waals surface area (Å²) in [6, 6.07) is 10.1. The van der Waals surface area contributed by atoms with Gasteiger partial charge in [-0.05, 0) is 61.2 Å². The SMILES string of the molecule is Cc1cc(C)c(S(=O)(=O)Nc2ccc(CC(N)=O)cc2)cc1C. The molecule has 122 valence electrons. The molecule has 0 atom stereocenters. The maximum atomic E-state index is 12.6. The quantitative estimate of drug-likeness (QED) is 0.881. The third-order valence-electron chi connectivity index (χ3n) is 3.67. The summed E-state index contributed by atoms with van der Waals surface area (Å²) in [5.41, 5.74) is 8.99. The molecule has 2 rings (SSSR count). The number of hydrogen-bond donors (Lipinski definition) is 2. The summed E-state index contributed by atoms with van der Waals surface area (Å²) >= 11 is 0. The van der Waals surface area contributed by atoms with Crippen LogP contribution in [0.15, 0.2) is 41.3 Å². The summed E-state index contributed by atoms with van der Waals surface area (Å²) in [5.74, 6) is -0.427. The van der Waals surface area contributed by atoms with Gasteiger partial charge in [0, 0.05) is 5.69 Å². The molecule has 0 unspecified atom stereocenters. The van der Waals surface area contributed by atoms with E-state index in [2.05, 4.69) is 4.72 Å². The van der Waals surface area contributed by atoms with Gasteiger partial charge < -0.3 is 5.73 Å². The van der Waals surface area contributed by atoms with Gasteiger partial charge in [0.15, 0.2) is 0 Å². The third kappa shape index (κ3) is 4.10. The highest BCUT2D eigenvalue weighted by Crippen LogP contribution is 2.23. The number of primary amides is 1. The van der Waals surface area contributed by atoms with E-state index in [0.29, 0.717) is 11.3 Å². The van der Waals surface area contributed by atoms with E-state index in [-0.39, 0.29) is 11.3 Å². The van der Waals surface area contributed by atoms with Crippen molar-refractivity contribution in [2.24, 2.45) is 5.73 Å². The molecule has 0 heterocycles. The summed E-state index contributed by atoms with van der Waals surface area (Å²) in [7, 11) is -3.66. The number of aryl methyl sites for hydroxylation is 3. The van der Waals surface area contributed by atoms with E-state index in [1.807, 2.05) is 19.9 Å². The Kier molecular flexibility index (Phi) is 4.75. The van der Waals surface area contributed by atoms with E-state index >= 15 is 0 Å². The second-order valence-electron chi connectivity index (χ2n) is 5.65. The molecule has 0 aliphatic rings. The van der Waals surface area contributed by atoms with Crippen molar-refractivity contribution in [2.45, 2.75) is 32.1 Å². The van der Waals surface area contributed by atoms with Gasteiger partial charge in [0.05, 0.1) is 11.3 Å². The van der Waals surface area contributed by atoms with E-state index in [0.717, 1.165) is 16.7 Å². The van der Waals surface area contributed by atoms with Crippen molar-refractivity contribution in [1.29, 1.82) is 0 Å². The average molecular weight is 332 g/mol. The minimum atomic E-state index is -3.66. The Morgan fingerprint density at radius 2 is 1.57 bits per heavy atom. The van der Waals surface area contributed by atoms with Crippen molar-refractivity contribution >= 4 is 21.6 Å². The molecule has 0 spiro atoms. The fourth-order valence-corrected chi connectivity index (χ4v) is 3.70. The molecule has 2 aromatic carbocycles. The molecule has 1 amide bonds. The predicted molar refractivity (Wildman–Crippen MR) is 90.8 cm³/mol. The number of rotatable bonds is 5. The lowest BCUT2D eigenvalue weighted by Gasteiger charge is -2.13. The topological polar surface area (TPSA) is 89.3 Å². The fraction of sp³-hybridized carbons (Fsp3) is 0.235. The number of anilines is 1. The van der Waals surface area contributed by atoms with Crippen LogP contribution in [0.5, 0.6) is 0 Å². The van der Waals surface area contributed by atoms with Gasteiger partial charge >= 0.3 is 0 Å². The third-order valence-corrected chi connectivity index (χ3v) is 5.19. The van der Waals surface area contributed by atoms with Crippen molar-refractivity contribution in [1.82, 2.24) is 0 Å². The molecule has 0 saturated heterocycles. The van der Waals surface area contributed by atoms with Crippen molar-refractivity contribution in [3.05, 3.63) is 58.7 Å². The Morgan fingerprint density at radius 1 is 1.00 bits per heavy atom. The monoisotopic (exact) mass is 332 g/mol. The smallest absolute Gasteiger partial charge is 0.262 e. The van der Waals surface area contributed by atoms with Gasteiger partial charge in [-0.25, -0.2) is 8.42 Å². The minimum Gasteiger partial charge on any atom is -0.369 e. The zero-order chi connectivity index (χ0) is 17.2. The van der Waals surface area contributed by atoms with Crippen molar-refractivity contribution in [2.75, 3.05) is 4.72 Å². The lowest BCUT2D eigenvalue weighted by molar-refractivity contribution is -0.117. The maximum absolute atomic E-state index is 12.6. The average Bonchev–Trinajstić information content (AvgIpc) is 2.44. The van der Waals surface area contributed by atoms with Crippen LogP contribution in [-0.4, -0.2) is 14.3 Å². The van der Waals surface area contributed by atoms with Crippen LogP contribution < -0.4 is 10.5 Å². The zero-order valence-electron chi connectivity index (χ0n) is 13.4. The van der Waals surface area contributed by atoms with E-state index in [9.17, 15) is 13.2 Å². The highest BCUT2D eigenvalue weighted by atomic mass is 32.2. The first-order valence-electron chi connectivity index (χ1n) is 7.17. The second-order valence-corrected chi connectivity index (χ2v) is 7.30. The number of hydrogen-bond acceptors (Lipinski definition) is 3. The van der Waals surface area contributed by atoms with Crippen LogP contribution in [0, 0.1) is 20.8 Å². The van der Waals surface area contributed by atoms with Crippen LogP contribution in [0.3, 0.4) is 0 Å². The minimum absolute atomic E-state index is 0.128. The number of benzene rings is 2. The molecule has 0 saturated carbocycles. The molecular weight excluding hydrogens is 312 g/mol. The number of carbonyl (C=O) groups excluding carboxylic acids is 1. The van der Waals surface area contributed by atoms with Crippen molar-refractivity contribution in [3.8, 4) is 0 Å². The fourth-order valence-electron chi connectivity index (χ4n) is 2.33. The summed E-state index contributed by atoms with van der Waals surface area (Å²) in [5, 5.41) is 0. The normalized spacial score (nSPS) is 11.3. The van der Waals surface area contributed by atoms with E-state index < -0.39 is 15.9 Å². The number of nitrogens with one attached hydrogen (secondary N) is 1. The predicted octanol–water partition coefficient (Wildman–Crippen LogP) is 2.44. The Bertz CT molecular complexity index is 841. The van der Waals surface area contributed by atoms with Crippen LogP contribution in [0.4, 0.5) is 5.69 Å². The Morgan fingerprint density at radius 3 is 2.13 bits per heavy atom. The van der Waals surface area contributed by atoms with Gasteiger partial charge in [-0.2, -0.15) is 0 Å². The highest BCUT2D eigenvalue weighted by Gasteiger charge is 2.18. The van der Waals surface area contributed by atoms with E-state index in [1.54, 1.807) is 37.3 Å². The van der Waals surface area contributed by atoms with Gasteiger partial charge in [0.1, 0.15) is 0 Å². The summed E-state index contributed by atoms with van der Waals surface area (Å²) in [4.78, 5) is 11.1. The molecule has 0 aromatic heterocycles. The van der Waals surface area contributed by atoms with Crippen molar-refractivity contribution < 1.29 is 13.2 Å². The zero-order valence-corrected chi connectivity index (χ0v) is 14.2. The molecule has 0 aliphatic carbocycles. The molecule has 0 fully saturated rings. The summed E-state index contributed by atoms with van der Waals surface area (Å²) < 4.78 is 27.7. The van der Waals surface area contributed by atoms with Crippen LogP contribution in [0.25, 0.3) is 0 Å². The summed E-state index contributed by atoms with van der Waals surface area (Å²) in [6.45, 7) is 5.60. The molecule has 5 nitrogen and oxygen atoms in total. The van der Waals surface area contributed by atoms with Gasteiger partial charge in [0.25, 0.3) is 10.0 Å². The number of nitrogens with two attached hydrogens (primary N) is 1. The van der Waals surface area contributed by atoms with Crippen LogP contribution in [0.1, 0.15) is 22.3 Å². The molecule has 0 bridgehead atoms. The van der Waals surface area contributed by atoms with Gasteiger partial charge in [-0.15, -0.1) is 0 Å². The first-order valence-corrected chi connectivity index (χ1v) is 8.65. The number of carbonyl (C=O) groups is 1. The van der Waals surface area contributed by atoms with E-state index in [1.165, 1.54) is 0 Å². The van der Waals surface area contributed by atoms with Crippen LogP contribution in [-0.2, 0) is 21.2 Å². The van der Waals surface area contributed by atoms with Crippen molar-refractivity contribution in [3.63, 3.8) is 0 Å². The highest BCUT2D eigenvalue weighted by molar-refractivity contribution is 7.92. The number of amides is 1. The number of sulfonamides is 1. The largest absolute Gasteiger partial charge is 0.369 e. The molecule has 23 heavy (non-hydrogen) atoms. The molecular formula is C17H20N2O3S. The van der Waals surface area contributed by atoms with Gasteiger partial charge in [-0.3, -0.25) is 9.52 Å². The molecule has 0 aliphatic heterocycles. The van der Waals surface area contributed by atoms with Gasteiger partial charge in [0.2, 0.25) is 5.91 Å². The van der Waals surface area contributed by atoms with Gasteiger partial charge in [-0.1, -0.05) is 18.2 Å². The maximum Gasteiger partial charge on any atom is 0.262 e. The Labute approximate surface area is 136 Å². The molecule has 0 radical (unpaired) electrons.